The molecule has 1 aromatic carbocycles. The highest BCUT2D eigenvalue weighted by molar-refractivity contribution is 5.94. The van der Waals surface area contributed by atoms with Crippen LogP contribution in [-0.2, 0) is 0 Å². The van der Waals surface area contributed by atoms with Gasteiger partial charge >= 0.3 is 0 Å². The van der Waals surface area contributed by atoms with E-state index in [4.69, 9.17) is 4.74 Å². The third-order valence-electron chi connectivity index (χ3n) is 3.52. The quantitative estimate of drug-likeness (QED) is 0.853. The second-order valence-corrected chi connectivity index (χ2v) is 5.23. The van der Waals surface area contributed by atoms with Gasteiger partial charge in [0.1, 0.15) is 5.75 Å². The second kappa shape index (κ2) is 6.06. The van der Waals surface area contributed by atoms with Crippen molar-refractivity contribution in [2.45, 2.75) is 32.2 Å². The van der Waals surface area contributed by atoms with Crippen LogP contribution < -0.4 is 15.4 Å². The van der Waals surface area contributed by atoms with E-state index >= 15 is 0 Å². The predicted molar refractivity (Wildman–Crippen MR) is 75.6 cm³/mol. The first kappa shape index (κ1) is 13.9. The second-order valence-electron chi connectivity index (χ2n) is 5.23. The third kappa shape index (κ3) is 3.70. The molecule has 1 unspecified atom stereocenters. The normalized spacial score (nSPS) is 22.2. The Kier molecular flexibility index (Phi) is 4.43. The summed E-state index contributed by atoms with van der Waals surface area (Å²) in [5.74, 6) is 0.765. The van der Waals surface area contributed by atoms with Gasteiger partial charge in [-0.1, -0.05) is 0 Å². The fourth-order valence-corrected chi connectivity index (χ4v) is 2.35. The van der Waals surface area contributed by atoms with Crippen LogP contribution in [0.1, 0.15) is 37.0 Å². The van der Waals surface area contributed by atoms with E-state index in [0.29, 0.717) is 18.7 Å². The van der Waals surface area contributed by atoms with Crippen molar-refractivity contribution >= 4 is 5.91 Å². The number of hydrogen-bond acceptors (Lipinski definition) is 3. The molecule has 0 radical (unpaired) electrons. The van der Waals surface area contributed by atoms with Gasteiger partial charge < -0.3 is 15.4 Å². The molecule has 4 nitrogen and oxygen atoms in total. The van der Waals surface area contributed by atoms with Crippen molar-refractivity contribution in [3.8, 4) is 5.75 Å². The Labute approximate surface area is 114 Å². The Morgan fingerprint density at radius 3 is 2.74 bits per heavy atom. The maximum absolute atomic E-state index is 12.0. The molecule has 1 aromatic rings. The van der Waals surface area contributed by atoms with Crippen molar-refractivity contribution in [3.63, 3.8) is 0 Å². The number of nitrogens with one attached hydrogen (secondary N) is 2. The van der Waals surface area contributed by atoms with Crippen LogP contribution in [0.3, 0.4) is 0 Å². The average molecular weight is 262 g/mol. The van der Waals surface area contributed by atoms with Gasteiger partial charge in [-0.3, -0.25) is 4.79 Å². The van der Waals surface area contributed by atoms with Crippen molar-refractivity contribution in [2.24, 2.45) is 0 Å². The summed E-state index contributed by atoms with van der Waals surface area (Å²) < 4.78 is 5.36. The van der Waals surface area contributed by atoms with E-state index in [1.807, 2.05) is 19.1 Å². The number of amides is 1. The lowest BCUT2D eigenvalue weighted by Crippen LogP contribution is -2.47. The first-order valence-electron chi connectivity index (χ1n) is 6.89. The van der Waals surface area contributed by atoms with E-state index in [1.54, 1.807) is 12.1 Å². The van der Waals surface area contributed by atoms with Gasteiger partial charge in [0.05, 0.1) is 6.61 Å². The van der Waals surface area contributed by atoms with Crippen molar-refractivity contribution in [1.29, 1.82) is 0 Å². The highest BCUT2D eigenvalue weighted by atomic mass is 16.5. The zero-order chi connectivity index (χ0) is 13.7. The standard InChI is InChI=1S/C15H22N2O2/c1-3-19-13-7-5-12(6-8-13)14(18)16-11-15(2)9-4-10-17-15/h5-8,17H,3-4,9-11H2,1-2H3,(H,16,18). The Hall–Kier alpha value is -1.55. The molecule has 1 atom stereocenters. The number of benzene rings is 1. The zero-order valence-corrected chi connectivity index (χ0v) is 11.7. The number of carbonyl (C=O) groups excluding carboxylic acids is 1. The Bertz CT molecular complexity index is 422. The molecule has 1 aliphatic rings. The molecule has 1 saturated heterocycles. The van der Waals surface area contributed by atoms with Crippen LogP contribution in [0, 0.1) is 0 Å². The van der Waals surface area contributed by atoms with Gasteiger partial charge in [-0.25, -0.2) is 0 Å². The lowest BCUT2D eigenvalue weighted by atomic mass is 10.0. The minimum Gasteiger partial charge on any atom is -0.494 e. The van der Waals surface area contributed by atoms with Gasteiger partial charge in [-0.05, 0) is 57.5 Å². The van der Waals surface area contributed by atoms with Gasteiger partial charge in [-0.15, -0.1) is 0 Å². The highest BCUT2D eigenvalue weighted by Crippen LogP contribution is 2.17. The number of hydrogen-bond donors (Lipinski definition) is 2. The molecule has 2 rings (SSSR count). The van der Waals surface area contributed by atoms with Crippen molar-refractivity contribution < 1.29 is 9.53 Å². The molecule has 2 N–H and O–H groups in total. The van der Waals surface area contributed by atoms with E-state index in [1.165, 1.54) is 6.42 Å². The Morgan fingerprint density at radius 2 is 2.16 bits per heavy atom. The molecule has 19 heavy (non-hydrogen) atoms. The summed E-state index contributed by atoms with van der Waals surface area (Å²) in [5.41, 5.74) is 0.714. The summed E-state index contributed by atoms with van der Waals surface area (Å²) in [5, 5.41) is 6.42. The number of rotatable bonds is 5. The van der Waals surface area contributed by atoms with Crippen LogP contribution in [0.2, 0.25) is 0 Å². The monoisotopic (exact) mass is 262 g/mol. The third-order valence-corrected chi connectivity index (χ3v) is 3.52. The summed E-state index contributed by atoms with van der Waals surface area (Å²) in [6.45, 7) is 6.43. The summed E-state index contributed by atoms with van der Waals surface area (Å²) in [6, 6.07) is 7.25. The van der Waals surface area contributed by atoms with Gasteiger partial charge in [0.25, 0.3) is 5.91 Å². The molecule has 0 saturated carbocycles. The fraction of sp³-hybridized carbons (Fsp3) is 0.533. The van der Waals surface area contributed by atoms with E-state index < -0.39 is 0 Å². The van der Waals surface area contributed by atoms with Crippen molar-refractivity contribution in [1.82, 2.24) is 10.6 Å². The molecule has 104 valence electrons. The Balaban J connectivity index is 1.88. The summed E-state index contributed by atoms with van der Waals surface area (Å²) in [6.07, 6.45) is 2.28. The number of carbonyl (C=O) groups is 1. The lowest BCUT2D eigenvalue weighted by molar-refractivity contribution is 0.0942. The largest absolute Gasteiger partial charge is 0.494 e. The molecular weight excluding hydrogens is 240 g/mol. The summed E-state index contributed by atoms with van der Waals surface area (Å²) >= 11 is 0. The van der Waals surface area contributed by atoms with Crippen LogP contribution in [0.25, 0.3) is 0 Å². The van der Waals surface area contributed by atoms with Gasteiger partial charge in [0, 0.05) is 17.6 Å². The number of ether oxygens (including phenoxy) is 1. The summed E-state index contributed by atoms with van der Waals surface area (Å²) in [7, 11) is 0. The van der Waals surface area contributed by atoms with Crippen LogP contribution in [0.4, 0.5) is 0 Å². The molecule has 1 amide bonds. The highest BCUT2D eigenvalue weighted by Gasteiger charge is 2.28. The van der Waals surface area contributed by atoms with Gasteiger partial charge in [0.2, 0.25) is 0 Å². The first-order valence-corrected chi connectivity index (χ1v) is 6.89. The van der Waals surface area contributed by atoms with Crippen LogP contribution >= 0.6 is 0 Å². The molecule has 0 aliphatic carbocycles. The fourth-order valence-electron chi connectivity index (χ4n) is 2.35. The topological polar surface area (TPSA) is 50.4 Å². The van der Waals surface area contributed by atoms with E-state index in [2.05, 4.69) is 17.6 Å². The first-order chi connectivity index (χ1) is 9.13. The maximum atomic E-state index is 12.0. The SMILES string of the molecule is CCOc1ccc(C(=O)NCC2(C)CCCN2)cc1. The van der Waals surface area contributed by atoms with Crippen molar-refractivity contribution in [3.05, 3.63) is 29.8 Å². The molecular formula is C15H22N2O2. The Morgan fingerprint density at radius 1 is 1.42 bits per heavy atom. The summed E-state index contributed by atoms with van der Waals surface area (Å²) in [4.78, 5) is 12.0. The molecule has 4 heteroatoms. The average Bonchev–Trinajstić information content (AvgIpc) is 2.85. The maximum Gasteiger partial charge on any atom is 0.251 e. The molecule has 0 bridgehead atoms. The van der Waals surface area contributed by atoms with Crippen LogP contribution in [0.5, 0.6) is 5.75 Å². The molecule has 1 aliphatic heterocycles. The smallest absolute Gasteiger partial charge is 0.251 e. The van der Waals surface area contributed by atoms with Crippen LogP contribution in [0.15, 0.2) is 24.3 Å². The molecule has 0 aromatic heterocycles. The van der Waals surface area contributed by atoms with Crippen molar-refractivity contribution in [2.75, 3.05) is 19.7 Å². The molecule has 1 fully saturated rings. The lowest BCUT2D eigenvalue weighted by Gasteiger charge is -2.24. The molecule has 1 heterocycles. The molecule has 0 spiro atoms. The van der Waals surface area contributed by atoms with E-state index in [-0.39, 0.29) is 11.4 Å². The van der Waals surface area contributed by atoms with E-state index in [0.717, 1.165) is 18.7 Å². The minimum atomic E-state index is -0.0297. The predicted octanol–water partition coefficient (Wildman–Crippen LogP) is 1.96. The zero-order valence-electron chi connectivity index (χ0n) is 11.7. The van der Waals surface area contributed by atoms with Gasteiger partial charge in [0.15, 0.2) is 0 Å². The minimum absolute atomic E-state index is 0.0297. The van der Waals surface area contributed by atoms with Gasteiger partial charge in [-0.2, -0.15) is 0 Å². The van der Waals surface area contributed by atoms with E-state index in [9.17, 15) is 4.79 Å². The van der Waals surface area contributed by atoms with Crippen LogP contribution in [-0.4, -0.2) is 31.1 Å².